The first-order chi connectivity index (χ1) is 9.95. The van der Waals surface area contributed by atoms with Gasteiger partial charge in [-0.2, -0.15) is 0 Å². The Balaban J connectivity index is 2.19. The van der Waals surface area contributed by atoms with Gasteiger partial charge in [0.15, 0.2) is 0 Å². The third-order valence-corrected chi connectivity index (χ3v) is 4.56. The van der Waals surface area contributed by atoms with E-state index in [9.17, 15) is 14.3 Å². The highest BCUT2D eigenvalue weighted by molar-refractivity contribution is 7.85. The van der Waals surface area contributed by atoms with Gasteiger partial charge in [0.25, 0.3) is 5.69 Å². The molecule has 0 radical (unpaired) electrons. The number of non-ortho nitro benzene ring substituents is 1. The molecule has 6 nitrogen and oxygen atoms in total. The van der Waals surface area contributed by atoms with Crippen LogP contribution in [0, 0.1) is 10.1 Å². The van der Waals surface area contributed by atoms with Crippen LogP contribution >= 0.6 is 0 Å². The van der Waals surface area contributed by atoms with Crippen LogP contribution < -0.4 is 4.74 Å². The Labute approximate surface area is 126 Å². The van der Waals surface area contributed by atoms with Crippen molar-refractivity contribution in [1.29, 1.82) is 0 Å². The summed E-state index contributed by atoms with van der Waals surface area (Å²) < 4.78 is 17.1. The van der Waals surface area contributed by atoms with Gasteiger partial charge in [-0.25, -0.2) is 0 Å². The minimum Gasteiger partial charge on any atom is -0.491 e. The van der Waals surface area contributed by atoms with Crippen molar-refractivity contribution in [3.63, 3.8) is 0 Å². The van der Waals surface area contributed by atoms with Crippen LogP contribution in [0.3, 0.4) is 0 Å². The van der Waals surface area contributed by atoms with Crippen LogP contribution in [0.15, 0.2) is 18.2 Å². The molecule has 0 aromatic heterocycles. The van der Waals surface area contributed by atoms with Crippen LogP contribution in [0.2, 0.25) is 0 Å². The second kappa shape index (κ2) is 7.00. The van der Waals surface area contributed by atoms with Crippen LogP contribution in [0.1, 0.15) is 19.4 Å². The van der Waals surface area contributed by atoms with Crippen molar-refractivity contribution in [1.82, 2.24) is 4.90 Å². The van der Waals surface area contributed by atoms with Gasteiger partial charge < -0.3 is 4.74 Å². The summed E-state index contributed by atoms with van der Waals surface area (Å²) in [5.74, 6) is 2.01. The summed E-state index contributed by atoms with van der Waals surface area (Å²) in [6.07, 6.45) is 0.0130. The van der Waals surface area contributed by atoms with Crippen molar-refractivity contribution in [2.75, 3.05) is 24.6 Å². The smallest absolute Gasteiger partial charge is 0.270 e. The van der Waals surface area contributed by atoms with E-state index in [1.165, 1.54) is 6.07 Å². The van der Waals surface area contributed by atoms with Gasteiger partial charge in [0.05, 0.1) is 11.0 Å². The molecule has 2 rings (SSSR count). The number of ether oxygens (including phenoxy) is 1. The molecule has 21 heavy (non-hydrogen) atoms. The van der Waals surface area contributed by atoms with E-state index in [2.05, 4.69) is 4.90 Å². The van der Waals surface area contributed by atoms with Gasteiger partial charge >= 0.3 is 0 Å². The zero-order valence-corrected chi connectivity index (χ0v) is 13.1. The maximum Gasteiger partial charge on any atom is 0.270 e. The summed E-state index contributed by atoms with van der Waals surface area (Å²) in [6.45, 7) is 5.93. The Morgan fingerprint density at radius 3 is 2.62 bits per heavy atom. The van der Waals surface area contributed by atoms with E-state index < -0.39 is 15.7 Å². The highest BCUT2D eigenvalue weighted by Crippen LogP contribution is 2.26. The molecule has 1 saturated heterocycles. The summed E-state index contributed by atoms with van der Waals surface area (Å²) >= 11 is 0. The number of benzene rings is 1. The summed E-state index contributed by atoms with van der Waals surface area (Å²) in [5.41, 5.74) is 0.882. The first-order valence-corrected chi connectivity index (χ1v) is 8.46. The summed E-state index contributed by atoms with van der Waals surface area (Å²) in [6, 6.07) is 4.70. The van der Waals surface area contributed by atoms with Crippen LogP contribution in [-0.2, 0) is 17.3 Å². The molecule has 1 fully saturated rings. The average molecular weight is 312 g/mol. The molecule has 0 atom stereocenters. The Morgan fingerprint density at radius 2 is 2.05 bits per heavy atom. The number of nitro groups is 1. The fourth-order valence-corrected chi connectivity index (χ4v) is 3.37. The summed E-state index contributed by atoms with van der Waals surface area (Å²) in [7, 11) is -0.726. The molecule has 116 valence electrons. The van der Waals surface area contributed by atoms with E-state index >= 15 is 0 Å². The molecule has 0 amide bonds. The average Bonchev–Trinajstić information content (AvgIpc) is 2.42. The van der Waals surface area contributed by atoms with Gasteiger partial charge in [-0.05, 0) is 19.9 Å². The Kier molecular flexibility index (Phi) is 5.30. The third-order valence-electron chi connectivity index (χ3n) is 3.28. The maximum absolute atomic E-state index is 11.4. The normalized spacial score (nSPS) is 17.1. The van der Waals surface area contributed by atoms with E-state index in [4.69, 9.17) is 4.74 Å². The molecule has 0 bridgehead atoms. The molecule has 1 aromatic carbocycles. The summed E-state index contributed by atoms with van der Waals surface area (Å²) in [4.78, 5) is 12.7. The number of nitro benzene ring substituents is 1. The molecule has 7 heteroatoms. The lowest BCUT2D eigenvalue weighted by Crippen LogP contribution is -2.37. The lowest BCUT2D eigenvalue weighted by molar-refractivity contribution is -0.385. The first-order valence-electron chi connectivity index (χ1n) is 6.97. The zero-order chi connectivity index (χ0) is 15.4. The second-order valence-electron chi connectivity index (χ2n) is 5.34. The highest BCUT2D eigenvalue weighted by Gasteiger charge is 2.19. The molecule has 1 aliphatic rings. The number of rotatable bonds is 5. The van der Waals surface area contributed by atoms with Crippen molar-refractivity contribution in [2.45, 2.75) is 26.5 Å². The topological polar surface area (TPSA) is 72.7 Å². The Morgan fingerprint density at radius 1 is 1.38 bits per heavy atom. The molecule has 0 spiro atoms. The molecule has 1 aromatic rings. The predicted octanol–water partition coefficient (Wildman–Crippen LogP) is 1.95. The third kappa shape index (κ3) is 4.50. The van der Waals surface area contributed by atoms with Crippen LogP contribution in [-0.4, -0.2) is 44.7 Å². The van der Waals surface area contributed by atoms with Gasteiger partial charge in [0, 0.05) is 59.6 Å². The fourth-order valence-electron chi connectivity index (χ4n) is 2.25. The molecular formula is C14H20N2O4S. The standard InChI is InChI=1S/C14H20N2O4S/c1-11(2)20-14-4-3-13(16(17)18)9-12(14)10-15-5-7-21(19)8-6-15/h3-4,9,11H,5-8,10H2,1-2H3. The van der Waals surface area contributed by atoms with Crippen LogP contribution in [0.5, 0.6) is 5.75 Å². The van der Waals surface area contributed by atoms with E-state index in [0.29, 0.717) is 23.8 Å². The van der Waals surface area contributed by atoms with Crippen LogP contribution in [0.25, 0.3) is 0 Å². The minimum atomic E-state index is -0.726. The lowest BCUT2D eigenvalue weighted by Gasteiger charge is -2.27. The van der Waals surface area contributed by atoms with Gasteiger partial charge in [-0.1, -0.05) is 0 Å². The Hall–Kier alpha value is -1.47. The van der Waals surface area contributed by atoms with Crippen molar-refractivity contribution >= 4 is 16.5 Å². The number of hydrogen-bond acceptors (Lipinski definition) is 5. The minimum absolute atomic E-state index is 0.0130. The maximum atomic E-state index is 11.4. The van der Waals surface area contributed by atoms with Crippen molar-refractivity contribution < 1.29 is 13.9 Å². The molecule has 0 aliphatic carbocycles. The highest BCUT2D eigenvalue weighted by atomic mass is 32.2. The van der Waals surface area contributed by atoms with Crippen molar-refractivity contribution in [3.8, 4) is 5.75 Å². The number of nitrogens with zero attached hydrogens (tertiary/aromatic N) is 2. The quantitative estimate of drug-likeness (QED) is 0.614. The SMILES string of the molecule is CC(C)Oc1ccc([N+](=O)[O-])cc1CN1CCS(=O)CC1. The molecule has 0 N–H and O–H groups in total. The molecule has 1 heterocycles. The summed E-state index contributed by atoms with van der Waals surface area (Å²) in [5, 5.41) is 10.9. The number of hydrogen-bond donors (Lipinski definition) is 0. The van der Waals surface area contributed by atoms with Gasteiger partial charge in [0.1, 0.15) is 5.75 Å². The van der Waals surface area contributed by atoms with Gasteiger partial charge in [-0.15, -0.1) is 0 Å². The Bertz CT molecular complexity index is 538. The predicted molar refractivity (Wildman–Crippen MR) is 82.0 cm³/mol. The second-order valence-corrected chi connectivity index (χ2v) is 7.04. The van der Waals surface area contributed by atoms with Gasteiger partial charge in [-0.3, -0.25) is 19.2 Å². The molecule has 1 aliphatic heterocycles. The van der Waals surface area contributed by atoms with E-state index in [1.807, 2.05) is 13.8 Å². The molecule has 0 unspecified atom stereocenters. The van der Waals surface area contributed by atoms with Gasteiger partial charge in [0.2, 0.25) is 0 Å². The largest absolute Gasteiger partial charge is 0.491 e. The van der Waals surface area contributed by atoms with E-state index in [1.54, 1.807) is 12.1 Å². The van der Waals surface area contributed by atoms with Crippen molar-refractivity contribution in [3.05, 3.63) is 33.9 Å². The zero-order valence-electron chi connectivity index (χ0n) is 12.3. The fraction of sp³-hybridized carbons (Fsp3) is 0.571. The first kappa shape index (κ1) is 15.9. The van der Waals surface area contributed by atoms with Crippen molar-refractivity contribution in [2.24, 2.45) is 0 Å². The van der Waals surface area contributed by atoms with Crippen LogP contribution in [0.4, 0.5) is 5.69 Å². The molecular weight excluding hydrogens is 292 g/mol. The van der Waals surface area contributed by atoms with E-state index in [0.717, 1.165) is 18.7 Å². The monoisotopic (exact) mass is 312 g/mol. The lowest BCUT2D eigenvalue weighted by atomic mass is 10.1. The molecule has 0 saturated carbocycles. The van der Waals surface area contributed by atoms with E-state index in [-0.39, 0.29) is 11.8 Å².